The molecule has 0 saturated carbocycles. The van der Waals surface area contributed by atoms with Crippen LogP contribution in [-0.4, -0.2) is 23.2 Å². The SMILES string of the molecule is N#Cc1ccc(C(=O)Nc2ccc(F)c(C3(C(F)F)CCCCC(N)=N3)c2)nc1. The van der Waals surface area contributed by atoms with E-state index in [2.05, 4.69) is 15.3 Å². The van der Waals surface area contributed by atoms with E-state index in [-0.39, 0.29) is 34.8 Å². The molecule has 0 fully saturated rings. The minimum atomic E-state index is -2.97. The van der Waals surface area contributed by atoms with Crippen molar-refractivity contribution < 1.29 is 18.0 Å². The molecular weight excluding hydrogens is 383 g/mol. The highest BCUT2D eigenvalue weighted by molar-refractivity contribution is 6.02. The van der Waals surface area contributed by atoms with Gasteiger partial charge in [0, 0.05) is 23.9 Å². The molecule has 2 heterocycles. The molecule has 0 saturated heterocycles. The average molecular weight is 401 g/mol. The van der Waals surface area contributed by atoms with Crippen LogP contribution in [0, 0.1) is 17.1 Å². The van der Waals surface area contributed by atoms with E-state index < -0.39 is 23.7 Å². The number of carbonyl (C=O) groups excluding carboxylic acids is 1. The zero-order valence-electron chi connectivity index (χ0n) is 15.3. The molecule has 1 atom stereocenters. The van der Waals surface area contributed by atoms with Crippen molar-refractivity contribution in [2.24, 2.45) is 10.7 Å². The molecule has 1 aromatic heterocycles. The largest absolute Gasteiger partial charge is 0.387 e. The Morgan fingerprint density at radius 1 is 1.28 bits per heavy atom. The lowest BCUT2D eigenvalue weighted by Crippen LogP contribution is -2.35. The Hall–Kier alpha value is -3.41. The van der Waals surface area contributed by atoms with Gasteiger partial charge in [-0.25, -0.2) is 18.2 Å². The Balaban J connectivity index is 1.95. The molecule has 0 bridgehead atoms. The van der Waals surface area contributed by atoms with E-state index in [0.29, 0.717) is 19.3 Å². The Kier molecular flexibility index (Phi) is 5.82. The van der Waals surface area contributed by atoms with E-state index in [4.69, 9.17) is 11.0 Å². The minimum absolute atomic E-state index is 0.0233. The number of amidine groups is 1. The number of nitrogens with one attached hydrogen (secondary N) is 1. The first kappa shape index (κ1) is 20.3. The molecule has 3 rings (SSSR count). The van der Waals surface area contributed by atoms with Crippen LogP contribution in [0.15, 0.2) is 41.5 Å². The summed E-state index contributed by atoms with van der Waals surface area (Å²) in [6.45, 7) is 0. The number of halogens is 3. The maximum absolute atomic E-state index is 14.6. The van der Waals surface area contributed by atoms with Gasteiger partial charge in [0.05, 0.1) is 11.4 Å². The molecule has 150 valence electrons. The zero-order valence-corrected chi connectivity index (χ0v) is 15.3. The van der Waals surface area contributed by atoms with Crippen LogP contribution in [0.5, 0.6) is 0 Å². The number of hydrogen-bond donors (Lipinski definition) is 2. The van der Waals surface area contributed by atoms with Crippen molar-refractivity contribution in [3.63, 3.8) is 0 Å². The number of aliphatic imine (C=N–C) groups is 1. The first-order chi connectivity index (χ1) is 13.9. The van der Waals surface area contributed by atoms with Gasteiger partial charge in [0.15, 0.2) is 5.54 Å². The molecule has 6 nitrogen and oxygen atoms in total. The smallest absolute Gasteiger partial charge is 0.274 e. The van der Waals surface area contributed by atoms with Gasteiger partial charge in [0.2, 0.25) is 0 Å². The molecule has 1 amide bonds. The number of nitriles is 1. The lowest BCUT2D eigenvalue weighted by atomic mass is 9.85. The van der Waals surface area contributed by atoms with Crippen LogP contribution in [0.25, 0.3) is 0 Å². The summed E-state index contributed by atoms with van der Waals surface area (Å²) in [5, 5.41) is 11.3. The molecule has 1 aliphatic heterocycles. The summed E-state index contributed by atoms with van der Waals surface area (Å²) in [6.07, 6.45) is -0.417. The average Bonchev–Trinajstić information content (AvgIpc) is 2.91. The molecule has 0 radical (unpaired) electrons. The number of nitrogens with two attached hydrogens (primary N) is 1. The van der Waals surface area contributed by atoms with Gasteiger partial charge in [0.25, 0.3) is 12.3 Å². The van der Waals surface area contributed by atoms with Gasteiger partial charge in [-0.05, 0) is 43.2 Å². The third-order valence-corrected chi connectivity index (χ3v) is 4.76. The van der Waals surface area contributed by atoms with E-state index >= 15 is 0 Å². The number of carbonyl (C=O) groups is 1. The Labute approximate surface area is 165 Å². The number of nitrogens with zero attached hydrogens (tertiary/aromatic N) is 3. The first-order valence-corrected chi connectivity index (χ1v) is 8.95. The number of amides is 1. The van der Waals surface area contributed by atoms with Gasteiger partial charge >= 0.3 is 0 Å². The van der Waals surface area contributed by atoms with Crippen LogP contribution in [0.3, 0.4) is 0 Å². The van der Waals surface area contributed by atoms with E-state index in [1.165, 1.54) is 24.4 Å². The van der Waals surface area contributed by atoms with Gasteiger partial charge in [0.1, 0.15) is 17.6 Å². The summed E-state index contributed by atoms with van der Waals surface area (Å²) in [4.78, 5) is 20.2. The third-order valence-electron chi connectivity index (χ3n) is 4.76. The minimum Gasteiger partial charge on any atom is -0.387 e. The molecule has 0 aliphatic carbocycles. The molecule has 0 spiro atoms. The monoisotopic (exact) mass is 401 g/mol. The molecule has 29 heavy (non-hydrogen) atoms. The normalized spacial score (nSPS) is 19.2. The standard InChI is InChI=1S/C20H18F3N5O/c21-15-6-5-13(27-18(29)16-7-4-12(10-24)11-26-16)9-14(15)20(19(22)23)8-2-1-3-17(25)28-20/h4-7,9,11,19H,1-3,8H2,(H2,25,28)(H,27,29). The number of aromatic nitrogens is 1. The van der Waals surface area contributed by atoms with E-state index in [1.54, 1.807) is 0 Å². The van der Waals surface area contributed by atoms with Crippen LogP contribution in [0.2, 0.25) is 0 Å². The molecule has 3 N–H and O–H groups in total. The van der Waals surface area contributed by atoms with Crippen molar-refractivity contribution in [1.82, 2.24) is 4.98 Å². The van der Waals surface area contributed by atoms with Crippen LogP contribution < -0.4 is 11.1 Å². The number of alkyl halides is 2. The van der Waals surface area contributed by atoms with Gasteiger partial charge in [-0.2, -0.15) is 5.26 Å². The summed E-state index contributed by atoms with van der Waals surface area (Å²) in [6, 6.07) is 8.10. The van der Waals surface area contributed by atoms with Crippen LogP contribution in [-0.2, 0) is 5.54 Å². The number of anilines is 1. The molecule has 1 unspecified atom stereocenters. The Morgan fingerprint density at radius 3 is 2.72 bits per heavy atom. The van der Waals surface area contributed by atoms with E-state index in [9.17, 15) is 18.0 Å². The second-order valence-electron chi connectivity index (χ2n) is 6.73. The van der Waals surface area contributed by atoms with Gasteiger partial charge in [-0.1, -0.05) is 6.42 Å². The van der Waals surface area contributed by atoms with Gasteiger partial charge in [-0.15, -0.1) is 0 Å². The fourth-order valence-electron chi connectivity index (χ4n) is 3.26. The van der Waals surface area contributed by atoms with Crippen LogP contribution in [0.1, 0.15) is 47.3 Å². The van der Waals surface area contributed by atoms with Gasteiger partial charge < -0.3 is 11.1 Å². The number of benzene rings is 1. The summed E-state index contributed by atoms with van der Waals surface area (Å²) < 4.78 is 42.7. The molecule has 1 aromatic carbocycles. The maximum Gasteiger partial charge on any atom is 0.274 e. The maximum atomic E-state index is 14.6. The third kappa shape index (κ3) is 4.21. The summed E-state index contributed by atoms with van der Waals surface area (Å²) in [5.41, 5.74) is 3.76. The lowest BCUT2D eigenvalue weighted by molar-refractivity contribution is 0.0457. The number of rotatable bonds is 4. The van der Waals surface area contributed by atoms with Crippen molar-refractivity contribution in [3.8, 4) is 6.07 Å². The molecule has 2 aromatic rings. The van der Waals surface area contributed by atoms with Crippen molar-refractivity contribution in [1.29, 1.82) is 5.26 Å². The molecule has 1 aliphatic rings. The van der Waals surface area contributed by atoms with Crippen molar-refractivity contribution in [2.75, 3.05) is 5.32 Å². The summed E-state index contributed by atoms with van der Waals surface area (Å²) in [7, 11) is 0. The second-order valence-corrected chi connectivity index (χ2v) is 6.73. The fourth-order valence-corrected chi connectivity index (χ4v) is 3.26. The molecule has 9 heteroatoms. The van der Waals surface area contributed by atoms with Crippen molar-refractivity contribution in [3.05, 3.63) is 59.2 Å². The van der Waals surface area contributed by atoms with Crippen molar-refractivity contribution in [2.45, 2.75) is 37.6 Å². The summed E-state index contributed by atoms with van der Waals surface area (Å²) >= 11 is 0. The highest BCUT2D eigenvalue weighted by Gasteiger charge is 2.44. The van der Waals surface area contributed by atoms with Gasteiger partial charge in [-0.3, -0.25) is 9.79 Å². The quantitative estimate of drug-likeness (QED) is 0.814. The molecular formula is C20H18F3N5O. The number of hydrogen-bond acceptors (Lipinski definition) is 5. The second kappa shape index (κ2) is 8.31. The Bertz CT molecular complexity index is 985. The van der Waals surface area contributed by atoms with Crippen molar-refractivity contribution >= 4 is 17.4 Å². The number of pyridine rings is 1. The highest BCUT2D eigenvalue weighted by Crippen LogP contribution is 2.41. The van der Waals surface area contributed by atoms with Crippen LogP contribution >= 0.6 is 0 Å². The lowest BCUT2D eigenvalue weighted by Gasteiger charge is -2.29. The topological polar surface area (TPSA) is 104 Å². The first-order valence-electron chi connectivity index (χ1n) is 8.95. The highest BCUT2D eigenvalue weighted by atomic mass is 19.3. The predicted octanol–water partition coefficient (Wildman–Crippen LogP) is 3.74. The summed E-state index contributed by atoms with van der Waals surface area (Å²) in [5.74, 6) is -1.42. The van der Waals surface area contributed by atoms with E-state index in [1.807, 2.05) is 6.07 Å². The van der Waals surface area contributed by atoms with Crippen LogP contribution in [0.4, 0.5) is 18.9 Å². The zero-order chi connectivity index (χ0) is 21.0. The van der Waals surface area contributed by atoms with E-state index in [0.717, 1.165) is 12.1 Å². The predicted molar refractivity (Wildman–Crippen MR) is 101 cm³/mol. The Morgan fingerprint density at radius 2 is 2.07 bits per heavy atom. The fraction of sp³-hybridized carbons (Fsp3) is 0.300.